The Labute approximate surface area is 174 Å². The second-order valence-corrected chi connectivity index (χ2v) is 7.71. The molecule has 4 aromatic carbocycles. The smallest absolute Gasteiger partial charge is 0.0566 e. The molecule has 1 aliphatic rings. The highest BCUT2D eigenvalue weighted by Crippen LogP contribution is 2.52. The number of aromatic amines is 1. The van der Waals surface area contributed by atoms with Crippen LogP contribution in [0.1, 0.15) is 0 Å². The Morgan fingerprint density at radius 1 is 0.655 bits per heavy atom. The fraction of sp³-hybridized carbons (Fsp3) is 0. The average Bonchev–Trinajstić information content (AvgIpc) is 3.08. The van der Waals surface area contributed by atoms with E-state index in [2.05, 4.69) is 101 Å². The molecule has 0 aliphatic carbocycles. The molecule has 0 fully saturated rings. The third kappa shape index (κ3) is 2.43. The predicted molar refractivity (Wildman–Crippen MR) is 122 cm³/mol. The maximum absolute atomic E-state index is 6.39. The molecule has 0 radical (unpaired) electrons. The van der Waals surface area contributed by atoms with Crippen LogP contribution >= 0.6 is 11.6 Å². The summed E-state index contributed by atoms with van der Waals surface area (Å²) in [4.78, 5) is 6.01. The van der Waals surface area contributed by atoms with Crippen molar-refractivity contribution in [3.63, 3.8) is 0 Å². The third-order valence-corrected chi connectivity index (χ3v) is 5.84. The van der Waals surface area contributed by atoms with Gasteiger partial charge in [0.15, 0.2) is 0 Å². The zero-order valence-electron chi connectivity index (χ0n) is 15.6. The summed E-state index contributed by atoms with van der Waals surface area (Å²) in [6, 6.07) is 33.8. The second-order valence-electron chi connectivity index (χ2n) is 7.27. The Morgan fingerprint density at radius 3 is 2.10 bits per heavy atom. The molecule has 5 aromatic rings. The van der Waals surface area contributed by atoms with E-state index in [1.165, 1.54) is 16.7 Å². The quantitative estimate of drug-likeness (QED) is 0.301. The molecule has 1 N–H and O–H groups in total. The first-order chi connectivity index (χ1) is 14.3. The van der Waals surface area contributed by atoms with Crippen molar-refractivity contribution in [2.75, 3.05) is 4.90 Å². The number of aromatic nitrogens is 1. The second kappa shape index (κ2) is 6.26. The van der Waals surface area contributed by atoms with Crippen molar-refractivity contribution in [3.8, 4) is 22.4 Å². The number of anilines is 3. The molecule has 3 heteroatoms. The van der Waals surface area contributed by atoms with Crippen molar-refractivity contribution in [2.24, 2.45) is 0 Å². The van der Waals surface area contributed by atoms with Crippen LogP contribution in [0.15, 0.2) is 97.1 Å². The van der Waals surface area contributed by atoms with Crippen molar-refractivity contribution < 1.29 is 0 Å². The monoisotopic (exact) mass is 392 g/mol. The van der Waals surface area contributed by atoms with Crippen LogP contribution in [0, 0.1) is 0 Å². The Bertz CT molecular complexity index is 1370. The van der Waals surface area contributed by atoms with E-state index in [-0.39, 0.29) is 0 Å². The molecule has 0 saturated carbocycles. The van der Waals surface area contributed by atoms with Gasteiger partial charge in [0, 0.05) is 38.3 Å². The van der Waals surface area contributed by atoms with E-state index >= 15 is 0 Å². The molecule has 29 heavy (non-hydrogen) atoms. The van der Waals surface area contributed by atoms with E-state index in [1.54, 1.807) is 0 Å². The molecule has 2 nitrogen and oxygen atoms in total. The summed E-state index contributed by atoms with van der Waals surface area (Å²) in [7, 11) is 0. The Morgan fingerprint density at radius 2 is 1.31 bits per heavy atom. The number of para-hydroxylation sites is 3. The molecule has 1 aromatic heterocycles. The molecular formula is C26H17ClN2. The van der Waals surface area contributed by atoms with Gasteiger partial charge >= 0.3 is 0 Å². The minimum Gasteiger partial charge on any atom is -0.354 e. The molecule has 0 spiro atoms. The summed E-state index contributed by atoms with van der Waals surface area (Å²) in [5.41, 5.74) is 9.24. The highest BCUT2D eigenvalue weighted by molar-refractivity contribution is 6.31. The summed E-state index contributed by atoms with van der Waals surface area (Å²) in [5, 5.41) is 1.89. The first kappa shape index (κ1) is 16.5. The van der Waals surface area contributed by atoms with Gasteiger partial charge in [0.25, 0.3) is 0 Å². The molecule has 6 rings (SSSR count). The molecule has 0 bridgehead atoms. The van der Waals surface area contributed by atoms with Crippen molar-refractivity contribution in [1.29, 1.82) is 0 Å². The van der Waals surface area contributed by atoms with Crippen molar-refractivity contribution >= 4 is 39.6 Å². The number of halogens is 1. The number of fused-ring (bicyclic) bond motifs is 7. The summed E-state index contributed by atoms with van der Waals surface area (Å²) in [5.74, 6) is 0. The first-order valence-electron chi connectivity index (χ1n) is 9.66. The molecule has 2 heterocycles. The van der Waals surface area contributed by atoms with Gasteiger partial charge in [0.05, 0.1) is 17.1 Å². The molecule has 0 amide bonds. The summed E-state index contributed by atoms with van der Waals surface area (Å²) in [6.45, 7) is 0. The van der Waals surface area contributed by atoms with E-state index in [9.17, 15) is 0 Å². The van der Waals surface area contributed by atoms with Crippen LogP contribution in [-0.4, -0.2) is 4.98 Å². The third-order valence-electron chi connectivity index (χ3n) is 5.60. The molecular weight excluding hydrogens is 376 g/mol. The van der Waals surface area contributed by atoms with Crippen molar-refractivity contribution in [1.82, 2.24) is 4.98 Å². The maximum atomic E-state index is 6.39. The zero-order chi connectivity index (χ0) is 19.4. The van der Waals surface area contributed by atoms with Crippen LogP contribution in [0.4, 0.5) is 17.1 Å². The highest BCUT2D eigenvalue weighted by atomic mass is 35.5. The van der Waals surface area contributed by atoms with E-state index < -0.39 is 0 Å². The first-order valence-corrected chi connectivity index (χ1v) is 10.0. The number of rotatable bonds is 1. The van der Waals surface area contributed by atoms with E-state index in [0.29, 0.717) is 0 Å². The van der Waals surface area contributed by atoms with Crippen LogP contribution in [0.25, 0.3) is 33.3 Å². The largest absolute Gasteiger partial charge is 0.354 e. The topological polar surface area (TPSA) is 19.0 Å². The van der Waals surface area contributed by atoms with Gasteiger partial charge in [-0.2, -0.15) is 0 Å². The Kier molecular flexibility index (Phi) is 3.56. The van der Waals surface area contributed by atoms with Gasteiger partial charge < -0.3 is 9.88 Å². The molecule has 138 valence electrons. The summed E-state index contributed by atoms with van der Waals surface area (Å²) < 4.78 is 0. The van der Waals surface area contributed by atoms with Gasteiger partial charge in [0.1, 0.15) is 0 Å². The minimum atomic E-state index is 0.745. The number of nitrogens with zero attached hydrogens (tertiary/aromatic N) is 1. The van der Waals surface area contributed by atoms with Crippen LogP contribution in [0.3, 0.4) is 0 Å². The minimum absolute atomic E-state index is 0.745. The van der Waals surface area contributed by atoms with Crippen LogP contribution < -0.4 is 4.90 Å². The Balaban J connectivity index is 1.79. The van der Waals surface area contributed by atoms with E-state index in [0.717, 1.165) is 38.7 Å². The van der Waals surface area contributed by atoms with Gasteiger partial charge in [-0.05, 0) is 42.5 Å². The lowest BCUT2D eigenvalue weighted by Gasteiger charge is -2.27. The number of hydrogen-bond donors (Lipinski definition) is 1. The number of hydrogen-bond acceptors (Lipinski definition) is 1. The zero-order valence-corrected chi connectivity index (χ0v) is 16.3. The number of benzene rings is 4. The lowest BCUT2D eigenvalue weighted by atomic mass is 9.98. The Hall–Kier alpha value is -3.49. The van der Waals surface area contributed by atoms with Crippen LogP contribution in [0.5, 0.6) is 0 Å². The van der Waals surface area contributed by atoms with E-state index in [4.69, 9.17) is 11.6 Å². The summed E-state index contributed by atoms with van der Waals surface area (Å²) >= 11 is 6.39. The summed E-state index contributed by atoms with van der Waals surface area (Å²) in [6.07, 6.45) is 0. The van der Waals surface area contributed by atoms with Gasteiger partial charge in [-0.15, -0.1) is 0 Å². The lowest BCUT2D eigenvalue weighted by Crippen LogP contribution is -2.10. The SMILES string of the molecule is Clc1ccc2[nH]c3c(c2c1)-c1ccccc1N(c1ccccc1)c1ccccc1-3. The maximum Gasteiger partial charge on any atom is 0.0566 e. The molecule has 0 unspecified atom stereocenters. The van der Waals surface area contributed by atoms with Crippen molar-refractivity contribution in [3.05, 3.63) is 102 Å². The lowest BCUT2D eigenvalue weighted by molar-refractivity contribution is 1.29. The fourth-order valence-corrected chi connectivity index (χ4v) is 4.56. The number of H-pyrrole nitrogens is 1. The van der Waals surface area contributed by atoms with Crippen LogP contribution in [-0.2, 0) is 0 Å². The average molecular weight is 393 g/mol. The predicted octanol–water partition coefficient (Wildman–Crippen LogP) is 7.94. The fourth-order valence-electron chi connectivity index (χ4n) is 4.39. The molecule has 0 saturated heterocycles. The van der Waals surface area contributed by atoms with Gasteiger partial charge in [-0.3, -0.25) is 0 Å². The van der Waals surface area contributed by atoms with Gasteiger partial charge in [0.2, 0.25) is 0 Å². The molecule has 1 aliphatic heterocycles. The molecule has 0 atom stereocenters. The van der Waals surface area contributed by atoms with Crippen molar-refractivity contribution in [2.45, 2.75) is 0 Å². The normalized spacial score (nSPS) is 12.2. The number of nitrogens with one attached hydrogen (secondary N) is 1. The van der Waals surface area contributed by atoms with Gasteiger partial charge in [-0.1, -0.05) is 66.2 Å². The standard InChI is InChI=1S/C26H17ClN2/c27-17-14-15-22-21(16-17)25-19-10-4-6-12-23(19)29(18-8-2-1-3-9-18)24-13-7-5-11-20(24)26(25)28-22/h1-16,28H. The highest BCUT2D eigenvalue weighted by Gasteiger charge is 2.28. The van der Waals surface area contributed by atoms with E-state index in [1.807, 2.05) is 6.07 Å². The van der Waals surface area contributed by atoms with Crippen LogP contribution in [0.2, 0.25) is 5.02 Å². The van der Waals surface area contributed by atoms with Gasteiger partial charge in [-0.25, -0.2) is 0 Å².